The molecule has 0 unspecified atom stereocenters. The van der Waals surface area contributed by atoms with Crippen molar-refractivity contribution in [2.24, 2.45) is 0 Å². The highest BCUT2D eigenvalue weighted by atomic mass is 16.5. The van der Waals surface area contributed by atoms with Gasteiger partial charge in [-0.1, -0.05) is 48.5 Å². The molecule has 0 aliphatic heterocycles. The number of nitrogens with zero attached hydrogens (tertiary/aromatic N) is 1. The van der Waals surface area contributed by atoms with Crippen molar-refractivity contribution in [3.8, 4) is 17.2 Å². The van der Waals surface area contributed by atoms with E-state index in [-0.39, 0.29) is 5.56 Å². The van der Waals surface area contributed by atoms with Gasteiger partial charge in [-0.2, -0.15) is 0 Å². The zero-order valence-electron chi connectivity index (χ0n) is 15.4. The van der Waals surface area contributed by atoms with Crippen molar-refractivity contribution >= 4 is 16.7 Å². The van der Waals surface area contributed by atoms with Gasteiger partial charge in [-0.25, -0.2) is 9.78 Å². The number of hydrogen-bond donors (Lipinski definition) is 1. The van der Waals surface area contributed by atoms with E-state index >= 15 is 0 Å². The molecule has 5 nitrogen and oxygen atoms in total. The number of carboxylic acid groups (broad SMARTS) is 1. The summed E-state index contributed by atoms with van der Waals surface area (Å²) >= 11 is 0. The number of ether oxygens (including phenoxy) is 1. The van der Waals surface area contributed by atoms with Crippen LogP contribution in [-0.4, -0.2) is 22.7 Å². The molecule has 0 aliphatic carbocycles. The van der Waals surface area contributed by atoms with E-state index in [1.54, 1.807) is 12.1 Å². The van der Waals surface area contributed by atoms with Gasteiger partial charge in [0.05, 0.1) is 12.3 Å². The quantitative estimate of drug-likeness (QED) is 0.508. The Kier molecular flexibility index (Phi) is 4.81. The smallest absolute Gasteiger partial charge is 0.339 e. The maximum Gasteiger partial charge on any atom is 0.339 e. The Bertz CT molecular complexity index is 1130. The molecule has 0 saturated carbocycles. The second kappa shape index (κ2) is 7.56. The number of carboxylic acids is 1. The predicted molar refractivity (Wildman–Crippen MR) is 107 cm³/mol. The van der Waals surface area contributed by atoms with Gasteiger partial charge in [-0.3, -0.25) is 0 Å². The maximum atomic E-state index is 11.6. The lowest BCUT2D eigenvalue weighted by molar-refractivity contribution is 0.0692. The molecule has 140 valence electrons. The minimum absolute atomic E-state index is 0.153. The van der Waals surface area contributed by atoms with Crippen LogP contribution >= 0.6 is 0 Å². The topological polar surface area (TPSA) is 72.6 Å². The minimum Gasteiger partial charge on any atom is -0.492 e. The van der Waals surface area contributed by atoms with Crippen molar-refractivity contribution in [2.75, 3.05) is 6.61 Å². The van der Waals surface area contributed by atoms with Gasteiger partial charge < -0.3 is 14.3 Å². The molecule has 4 rings (SSSR count). The number of aromatic carboxylic acids is 1. The maximum absolute atomic E-state index is 11.6. The number of aromatic nitrogens is 1. The number of oxazole rings is 1. The van der Waals surface area contributed by atoms with E-state index in [1.807, 2.05) is 61.5 Å². The van der Waals surface area contributed by atoms with Crippen molar-refractivity contribution < 1.29 is 19.1 Å². The standard InChI is InChI=1S/C23H19NO4/c1-15-20(24-22(28-15)17-8-3-2-4-9-17)13-14-27-21-18-10-6-5-7-16(18)11-12-19(21)23(25)26/h2-12H,13-14H2,1H3,(H,25,26). The largest absolute Gasteiger partial charge is 0.492 e. The van der Waals surface area contributed by atoms with Crippen LogP contribution in [0.4, 0.5) is 0 Å². The second-order valence-electron chi connectivity index (χ2n) is 6.45. The van der Waals surface area contributed by atoms with Crippen LogP contribution in [-0.2, 0) is 6.42 Å². The molecule has 1 aromatic heterocycles. The molecular weight excluding hydrogens is 354 g/mol. The van der Waals surface area contributed by atoms with E-state index in [4.69, 9.17) is 9.15 Å². The Morgan fingerprint density at radius 2 is 1.79 bits per heavy atom. The average Bonchev–Trinajstić information content (AvgIpc) is 3.09. The van der Waals surface area contributed by atoms with E-state index < -0.39 is 5.97 Å². The second-order valence-corrected chi connectivity index (χ2v) is 6.45. The molecule has 0 saturated heterocycles. The van der Waals surface area contributed by atoms with Crippen molar-refractivity contribution in [2.45, 2.75) is 13.3 Å². The first kappa shape index (κ1) is 17.8. The highest BCUT2D eigenvalue weighted by Crippen LogP contribution is 2.30. The molecule has 3 aromatic carbocycles. The van der Waals surface area contributed by atoms with Crippen molar-refractivity contribution in [3.63, 3.8) is 0 Å². The number of rotatable bonds is 6. The lowest BCUT2D eigenvalue weighted by Crippen LogP contribution is -2.07. The Labute approximate surface area is 162 Å². The number of carbonyl (C=O) groups is 1. The molecule has 0 radical (unpaired) electrons. The SMILES string of the molecule is Cc1oc(-c2ccccc2)nc1CCOc1c(C(=O)O)ccc2ccccc12. The summed E-state index contributed by atoms with van der Waals surface area (Å²) in [6, 6.07) is 20.7. The van der Waals surface area contributed by atoms with Gasteiger partial charge in [0.1, 0.15) is 17.1 Å². The van der Waals surface area contributed by atoms with Crippen LogP contribution < -0.4 is 4.74 Å². The third-order valence-corrected chi connectivity index (χ3v) is 4.61. The van der Waals surface area contributed by atoms with Crippen LogP contribution in [0, 0.1) is 6.92 Å². The van der Waals surface area contributed by atoms with Crippen LogP contribution in [0.5, 0.6) is 5.75 Å². The fourth-order valence-electron chi connectivity index (χ4n) is 3.18. The van der Waals surface area contributed by atoms with Crippen LogP contribution in [0.2, 0.25) is 0 Å². The number of fused-ring (bicyclic) bond motifs is 1. The monoisotopic (exact) mass is 373 g/mol. The minimum atomic E-state index is -1.01. The Morgan fingerprint density at radius 1 is 1.04 bits per heavy atom. The van der Waals surface area contributed by atoms with Gasteiger partial charge in [0.25, 0.3) is 0 Å². The summed E-state index contributed by atoms with van der Waals surface area (Å²) in [7, 11) is 0. The highest BCUT2D eigenvalue weighted by molar-refractivity contribution is 6.00. The Morgan fingerprint density at radius 3 is 2.57 bits per heavy atom. The molecular formula is C23H19NO4. The van der Waals surface area contributed by atoms with Gasteiger partial charge in [0, 0.05) is 17.4 Å². The number of aryl methyl sites for hydroxylation is 1. The number of hydrogen-bond acceptors (Lipinski definition) is 4. The van der Waals surface area contributed by atoms with Crippen molar-refractivity contribution in [3.05, 3.63) is 83.7 Å². The van der Waals surface area contributed by atoms with E-state index in [2.05, 4.69) is 4.98 Å². The summed E-state index contributed by atoms with van der Waals surface area (Å²) < 4.78 is 11.7. The molecule has 0 amide bonds. The van der Waals surface area contributed by atoms with Crippen molar-refractivity contribution in [1.82, 2.24) is 4.98 Å². The van der Waals surface area contributed by atoms with Gasteiger partial charge in [-0.15, -0.1) is 0 Å². The molecule has 0 bridgehead atoms. The highest BCUT2D eigenvalue weighted by Gasteiger charge is 2.16. The van der Waals surface area contributed by atoms with E-state index in [0.717, 1.165) is 27.8 Å². The number of benzene rings is 3. The summed E-state index contributed by atoms with van der Waals surface area (Å²) in [6.07, 6.45) is 0.518. The van der Waals surface area contributed by atoms with E-state index in [9.17, 15) is 9.90 Å². The third kappa shape index (κ3) is 3.47. The fourth-order valence-corrected chi connectivity index (χ4v) is 3.18. The third-order valence-electron chi connectivity index (χ3n) is 4.61. The van der Waals surface area contributed by atoms with Gasteiger partial charge in [-0.05, 0) is 30.5 Å². The summed E-state index contributed by atoms with van der Waals surface area (Å²) in [5.41, 5.74) is 1.87. The summed E-state index contributed by atoms with van der Waals surface area (Å²) in [6.45, 7) is 2.17. The predicted octanol–water partition coefficient (Wildman–Crippen LogP) is 5.12. The van der Waals surface area contributed by atoms with Gasteiger partial charge in [0.2, 0.25) is 5.89 Å². The molecule has 4 aromatic rings. The Hall–Kier alpha value is -3.60. The molecule has 0 atom stereocenters. The molecule has 1 N–H and O–H groups in total. The first-order valence-corrected chi connectivity index (χ1v) is 9.03. The molecule has 0 aliphatic rings. The van der Waals surface area contributed by atoms with Crippen molar-refractivity contribution in [1.29, 1.82) is 0 Å². The lowest BCUT2D eigenvalue weighted by atomic mass is 10.1. The Balaban J connectivity index is 1.56. The summed E-state index contributed by atoms with van der Waals surface area (Å²) in [5.74, 6) is 0.683. The van der Waals surface area contributed by atoms with E-state index in [1.165, 1.54) is 0 Å². The van der Waals surface area contributed by atoms with E-state index in [0.29, 0.717) is 24.7 Å². The summed E-state index contributed by atoms with van der Waals surface area (Å²) in [4.78, 5) is 16.2. The van der Waals surface area contributed by atoms with Gasteiger partial charge >= 0.3 is 5.97 Å². The summed E-state index contributed by atoms with van der Waals surface area (Å²) in [5, 5.41) is 11.2. The van der Waals surface area contributed by atoms with Crippen LogP contribution in [0.25, 0.3) is 22.2 Å². The zero-order chi connectivity index (χ0) is 19.5. The first-order valence-electron chi connectivity index (χ1n) is 9.03. The molecule has 0 fully saturated rings. The average molecular weight is 373 g/mol. The first-order chi connectivity index (χ1) is 13.6. The molecule has 1 heterocycles. The van der Waals surface area contributed by atoms with Crippen LogP contribution in [0.1, 0.15) is 21.8 Å². The molecule has 28 heavy (non-hydrogen) atoms. The van der Waals surface area contributed by atoms with Gasteiger partial charge in [0.15, 0.2) is 0 Å². The zero-order valence-corrected chi connectivity index (χ0v) is 15.4. The lowest BCUT2D eigenvalue weighted by Gasteiger charge is -2.12. The van der Waals surface area contributed by atoms with Crippen LogP contribution in [0.3, 0.4) is 0 Å². The molecule has 5 heteroatoms. The normalized spacial score (nSPS) is 10.9. The van der Waals surface area contributed by atoms with Crippen LogP contribution in [0.15, 0.2) is 71.1 Å². The molecule has 0 spiro atoms. The fraction of sp³-hybridized carbons (Fsp3) is 0.130.